The van der Waals surface area contributed by atoms with Gasteiger partial charge in [-0.2, -0.15) is 0 Å². The van der Waals surface area contributed by atoms with Crippen molar-refractivity contribution in [2.24, 2.45) is 0 Å². The summed E-state index contributed by atoms with van der Waals surface area (Å²) in [5, 5.41) is 0.0312. The van der Waals surface area contributed by atoms with Crippen molar-refractivity contribution in [3.63, 3.8) is 0 Å². The Labute approximate surface area is 62.8 Å². The van der Waals surface area contributed by atoms with Crippen LogP contribution < -0.4 is 0 Å². The Kier molecular flexibility index (Phi) is 2.62. The molecule has 0 bridgehead atoms. The molecule has 0 saturated heterocycles. The molecule has 0 aromatic carbocycles. The van der Waals surface area contributed by atoms with E-state index in [1.165, 1.54) is 20.8 Å². The van der Waals surface area contributed by atoms with Crippen molar-refractivity contribution >= 4 is 15.9 Å². The van der Waals surface area contributed by atoms with Gasteiger partial charge in [0.2, 0.25) is 0 Å². The van der Waals surface area contributed by atoms with E-state index in [2.05, 4.69) is 15.9 Å². The Bertz CT molecular complexity index is 93.7. The second kappa shape index (κ2) is 2.52. The second-order valence-corrected chi connectivity index (χ2v) is 3.36. The first kappa shape index (κ1) is 9.34. The molecule has 0 N–H and O–H groups in total. The molecule has 3 heteroatoms. The Morgan fingerprint density at radius 3 is 1.56 bits per heavy atom. The van der Waals surface area contributed by atoms with Gasteiger partial charge in [-0.05, 0) is 20.8 Å². The lowest BCUT2D eigenvalue weighted by Crippen LogP contribution is -2.41. The highest BCUT2D eigenvalue weighted by atomic mass is 79.9. The lowest BCUT2D eigenvalue weighted by Gasteiger charge is -2.28. The lowest BCUT2D eigenvalue weighted by molar-refractivity contribution is 0.0196. The zero-order chi connectivity index (χ0) is 7.71. The molecular formula is C6H11BrF2. The average Bonchev–Trinajstić information content (AvgIpc) is 1.64. The molecule has 56 valence electrons. The first-order valence-electron chi connectivity index (χ1n) is 2.75. The van der Waals surface area contributed by atoms with Crippen molar-refractivity contribution in [2.75, 3.05) is 5.33 Å². The van der Waals surface area contributed by atoms with Crippen LogP contribution in [-0.2, 0) is 0 Å². The third-order valence-electron chi connectivity index (χ3n) is 1.49. The van der Waals surface area contributed by atoms with E-state index in [4.69, 9.17) is 0 Å². The summed E-state index contributed by atoms with van der Waals surface area (Å²) in [6.07, 6.45) is 0. The van der Waals surface area contributed by atoms with Gasteiger partial charge in [0.1, 0.15) is 5.67 Å². The summed E-state index contributed by atoms with van der Waals surface area (Å²) < 4.78 is 25.7. The predicted molar refractivity (Wildman–Crippen MR) is 38.5 cm³/mol. The number of rotatable bonds is 2. The van der Waals surface area contributed by atoms with Crippen LogP contribution in [0.15, 0.2) is 0 Å². The summed E-state index contributed by atoms with van der Waals surface area (Å²) in [7, 11) is 0. The fourth-order valence-corrected chi connectivity index (χ4v) is 0.826. The molecule has 0 heterocycles. The van der Waals surface area contributed by atoms with E-state index in [0.717, 1.165) is 0 Å². The molecule has 0 aromatic heterocycles. The zero-order valence-electron chi connectivity index (χ0n) is 5.84. The van der Waals surface area contributed by atoms with Crippen LogP contribution in [0, 0.1) is 0 Å². The molecule has 0 rings (SSSR count). The molecule has 1 unspecified atom stereocenters. The fourth-order valence-electron chi connectivity index (χ4n) is 0.159. The topological polar surface area (TPSA) is 0 Å². The van der Waals surface area contributed by atoms with Gasteiger partial charge >= 0.3 is 0 Å². The molecular weight excluding hydrogens is 190 g/mol. The highest BCUT2D eigenvalue weighted by Gasteiger charge is 2.40. The van der Waals surface area contributed by atoms with Gasteiger partial charge in [0, 0.05) is 5.33 Å². The van der Waals surface area contributed by atoms with Crippen LogP contribution in [0.3, 0.4) is 0 Å². The largest absolute Gasteiger partial charge is 0.241 e. The van der Waals surface area contributed by atoms with Gasteiger partial charge in [-0.3, -0.25) is 0 Å². The van der Waals surface area contributed by atoms with Gasteiger partial charge in [-0.25, -0.2) is 8.78 Å². The molecule has 0 aromatic rings. The van der Waals surface area contributed by atoms with E-state index in [1.54, 1.807) is 0 Å². The Morgan fingerprint density at radius 2 is 1.56 bits per heavy atom. The van der Waals surface area contributed by atoms with Gasteiger partial charge in [0.05, 0.1) is 0 Å². The first-order valence-corrected chi connectivity index (χ1v) is 3.87. The van der Waals surface area contributed by atoms with Gasteiger partial charge in [-0.1, -0.05) is 15.9 Å². The lowest BCUT2D eigenvalue weighted by atomic mass is 9.94. The standard InChI is InChI=1S/C6H11BrF2/c1-5(2,8)6(3,9)4-7/h4H2,1-3H3. The number of alkyl halides is 3. The van der Waals surface area contributed by atoms with Crippen molar-refractivity contribution in [1.82, 2.24) is 0 Å². The number of halogens is 3. The molecule has 0 aliphatic carbocycles. The van der Waals surface area contributed by atoms with E-state index < -0.39 is 11.3 Å². The fraction of sp³-hybridized carbons (Fsp3) is 1.00. The van der Waals surface area contributed by atoms with Gasteiger partial charge in [0.25, 0.3) is 0 Å². The quantitative estimate of drug-likeness (QED) is 0.602. The maximum absolute atomic E-state index is 12.9. The molecule has 0 nitrogen and oxygen atoms in total. The van der Waals surface area contributed by atoms with Crippen molar-refractivity contribution in [1.29, 1.82) is 0 Å². The Hall–Kier alpha value is 0.340. The molecule has 1 atom stereocenters. The number of hydrogen-bond acceptors (Lipinski definition) is 0. The summed E-state index contributed by atoms with van der Waals surface area (Å²) in [5.41, 5.74) is -3.54. The number of hydrogen-bond donors (Lipinski definition) is 0. The third-order valence-corrected chi connectivity index (χ3v) is 2.54. The average molecular weight is 201 g/mol. The van der Waals surface area contributed by atoms with E-state index in [9.17, 15) is 8.78 Å². The molecule has 0 radical (unpaired) electrons. The summed E-state index contributed by atoms with van der Waals surface area (Å²) >= 11 is 2.89. The highest BCUT2D eigenvalue weighted by molar-refractivity contribution is 9.09. The highest BCUT2D eigenvalue weighted by Crippen LogP contribution is 2.30. The zero-order valence-corrected chi connectivity index (χ0v) is 7.43. The maximum atomic E-state index is 12.9. The first-order chi connectivity index (χ1) is 3.81. The summed E-state index contributed by atoms with van der Waals surface area (Å²) in [6.45, 7) is 3.70. The smallest absolute Gasteiger partial charge is 0.151 e. The summed E-state index contributed by atoms with van der Waals surface area (Å²) in [5.74, 6) is 0. The van der Waals surface area contributed by atoms with Crippen LogP contribution in [0.2, 0.25) is 0 Å². The third kappa shape index (κ3) is 2.20. The van der Waals surface area contributed by atoms with Crippen molar-refractivity contribution < 1.29 is 8.78 Å². The van der Waals surface area contributed by atoms with Crippen LogP contribution in [0.4, 0.5) is 8.78 Å². The minimum Gasteiger partial charge on any atom is -0.241 e. The Balaban J connectivity index is 4.14. The minimum atomic E-state index is -1.77. The van der Waals surface area contributed by atoms with Crippen molar-refractivity contribution in [3.05, 3.63) is 0 Å². The van der Waals surface area contributed by atoms with Crippen LogP contribution in [0.5, 0.6) is 0 Å². The molecule has 9 heavy (non-hydrogen) atoms. The van der Waals surface area contributed by atoms with Crippen molar-refractivity contribution in [3.8, 4) is 0 Å². The SMILES string of the molecule is CC(C)(F)C(C)(F)CBr. The van der Waals surface area contributed by atoms with Crippen LogP contribution in [0.25, 0.3) is 0 Å². The Morgan fingerprint density at radius 1 is 1.22 bits per heavy atom. The molecule has 0 aliphatic rings. The summed E-state index contributed by atoms with van der Waals surface area (Å²) in [4.78, 5) is 0. The van der Waals surface area contributed by atoms with E-state index >= 15 is 0 Å². The molecule has 0 fully saturated rings. The molecule has 0 spiro atoms. The maximum Gasteiger partial charge on any atom is 0.151 e. The monoisotopic (exact) mass is 200 g/mol. The van der Waals surface area contributed by atoms with Crippen LogP contribution in [0.1, 0.15) is 20.8 Å². The van der Waals surface area contributed by atoms with E-state index in [1.807, 2.05) is 0 Å². The summed E-state index contributed by atoms with van der Waals surface area (Å²) in [6, 6.07) is 0. The van der Waals surface area contributed by atoms with Crippen molar-refractivity contribution in [2.45, 2.75) is 32.1 Å². The predicted octanol–water partition coefficient (Wildman–Crippen LogP) is 2.86. The van der Waals surface area contributed by atoms with E-state index in [0.29, 0.717) is 0 Å². The van der Waals surface area contributed by atoms with Crippen LogP contribution >= 0.6 is 15.9 Å². The molecule has 0 amide bonds. The molecule has 0 saturated carbocycles. The van der Waals surface area contributed by atoms with Gasteiger partial charge < -0.3 is 0 Å². The van der Waals surface area contributed by atoms with Gasteiger partial charge in [0.15, 0.2) is 5.67 Å². The second-order valence-electron chi connectivity index (χ2n) is 2.80. The normalized spacial score (nSPS) is 19.3. The van der Waals surface area contributed by atoms with Crippen LogP contribution in [-0.4, -0.2) is 16.7 Å². The minimum absolute atomic E-state index is 0.0312. The molecule has 0 aliphatic heterocycles. The van der Waals surface area contributed by atoms with E-state index in [-0.39, 0.29) is 5.33 Å². The van der Waals surface area contributed by atoms with Gasteiger partial charge in [-0.15, -0.1) is 0 Å².